The van der Waals surface area contributed by atoms with Crippen LogP contribution in [0.2, 0.25) is 0 Å². The molecule has 0 saturated carbocycles. The highest BCUT2D eigenvalue weighted by Gasteiger charge is 2.20. The van der Waals surface area contributed by atoms with E-state index in [1.54, 1.807) is 0 Å². The summed E-state index contributed by atoms with van der Waals surface area (Å²) in [5, 5.41) is 0. The summed E-state index contributed by atoms with van der Waals surface area (Å²) >= 11 is 13.9. The molecule has 14 heavy (non-hydrogen) atoms. The average Bonchev–Trinajstić information content (AvgIpc) is 2.11. The molecule has 0 aliphatic carbocycles. The van der Waals surface area contributed by atoms with Crippen molar-refractivity contribution in [3.05, 3.63) is 0 Å². The molecule has 0 bridgehead atoms. The summed E-state index contributed by atoms with van der Waals surface area (Å²) < 4.78 is 6.13. The lowest BCUT2D eigenvalue weighted by Crippen LogP contribution is -2.31. The summed E-state index contributed by atoms with van der Waals surface area (Å²) in [6.07, 6.45) is 1.40. The minimum atomic E-state index is 0.0727. The molecule has 1 nitrogen and oxygen atoms in total. The predicted molar refractivity (Wildman–Crippen MR) is 73.0 cm³/mol. The van der Waals surface area contributed by atoms with Crippen LogP contribution in [0.1, 0.15) is 27.2 Å². The van der Waals surface area contributed by atoms with Crippen LogP contribution in [-0.2, 0) is 4.74 Å². The van der Waals surface area contributed by atoms with Crippen molar-refractivity contribution < 1.29 is 4.74 Å². The molecule has 0 aliphatic rings. The Kier molecular flexibility index (Phi) is 9.19. The Labute approximate surface area is 111 Å². The summed E-state index contributed by atoms with van der Waals surface area (Å²) in [6.45, 7) is 6.48. The fourth-order valence-corrected chi connectivity index (χ4v) is 2.55. The van der Waals surface area contributed by atoms with Crippen molar-refractivity contribution in [1.29, 1.82) is 0 Å². The monoisotopic (exact) mass is 352 g/mol. The Morgan fingerprint density at radius 1 is 1.14 bits per heavy atom. The van der Waals surface area contributed by atoms with E-state index in [1.807, 2.05) is 0 Å². The minimum absolute atomic E-state index is 0.0727. The van der Waals surface area contributed by atoms with Crippen LogP contribution in [-0.4, -0.2) is 27.9 Å². The highest BCUT2D eigenvalue weighted by molar-refractivity contribution is 14.1. The number of halogens is 3. The van der Waals surface area contributed by atoms with E-state index in [9.17, 15) is 0 Å². The molecule has 4 heteroatoms. The zero-order chi connectivity index (χ0) is 11.1. The van der Waals surface area contributed by atoms with E-state index in [0.29, 0.717) is 21.6 Å². The maximum atomic E-state index is 5.84. The Balaban J connectivity index is 3.91. The van der Waals surface area contributed by atoms with Gasteiger partial charge >= 0.3 is 0 Å². The number of ether oxygens (including phenoxy) is 1. The van der Waals surface area contributed by atoms with Crippen LogP contribution in [0, 0.1) is 5.92 Å². The summed E-state index contributed by atoms with van der Waals surface area (Å²) in [7, 11) is 0. The summed E-state index contributed by atoms with van der Waals surface area (Å²) in [5.41, 5.74) is 0. The first kappa shape index (κ1) is 15.3. The van der Waals surface area contributed by atoms with E-state index < -0.39 is 0 Å². The molecule has 0 fully saturated rings. The molecule has 0 amide bonds. The van der Waals surface area contributed by atoms with Crippen molar-refractivity contribution in [3.63, 3.8) is 0 Å². The van der Waals surface area contributed by atoms with Gasteiger partial charge in [0.15, 0.2) is 0 Å². The van der Waals surface area contributed by atoms with Gasteiger partial charge in [-0.3, -0.25) is 0 Å². The first-order valence-corrected chi connectivity index (χ1v) is 7.24. The van der Waals surface area contributed by atoms with Gasteiger partial charge in [-0.25, -0.2) is 0 Å². The van der Waals surface area contributed by atoms with Crippen LogP contribution in [0.5, 0.6) is 0 Å². The third kappa shape index (κ3) is 6.70. The molecule has 0 saturated heterocycles. The lowest BCUT2D eigenvalue weighted by Gasteiger charge is -2.24. The predicted octanol–water partition coefficient (Wildman–Crippen LogP) is 4.09. The van der Waals surface area contributed by atoms with Crippen LogP contribution in [0.3, 0.4) is 0 Å². The van der Waals surface area contributed by atoms with Crippen molar-refractivity contribution in [3.8, 4) is 0 Å². The lowest BCUT2D eigenvalue weighted by molar-refractivity contribution is 0.00375. The number of hydrogen-bond acceptors (Lipinski definition) is 1. The summed E-state index contributed by atoms with van der Waals surface area (Å²) in [5.74, 6) is 1.76. The molecule has 0 rings (SSSR count). The smallest absolute Gasteiger partial charge is 0.0842 e. The van der Waals surface area contributed by atoms with E-state index in [1.165, 1.54) is 0 Å². The molecule has 0 spiro atoms. The number of alkyl halides is 3. The van der Waals surface area contributed by atoms with Crippen molar-refractivity contribution in [2.24, 2.45) is 5.92 Å². The van der Waals surface area contributed by atoms with E-state index in [-0.39, 0.29) is 12.2 Å². The molecule has 0 aromatic carbocycles. The van der Waals surface area contributed by atoms with Crippen LogP contribution < -0.4 is 0 Å². The van der Waals surface area contributed by atoms with Gasteiger partial charge in [0, 0.05) is 11.8 Å². The fourth-order valence-electron chi connectivity index (χ4n) is 1.34. The summed E-state index contributed by atoms with van der Waals surface area (Å²) in [6, 6.07) is 0. The second-order valence-electron chi connectivity index (χ2n) is 3.94. The summed E-state index contributed by atoms with van der Waals surface area (Å²) in [4.78, 5) is 0. The largest absolute Gasteiger partial charge is 0.373 e. The maximum absolute atomic E-state index is 5.84. The topological polar surface area (TPSA) is 9.23 Å². The zero-order valence-electron chi connectivity index (χ0n) is 8.97. The fraction of sp³-hybridized carbons (Fsp3) is 1.00. The first-order valence-electron chi connectivity index (χ1n) is 4.92. The Bertz CT molecular complexity index is 144. The van der Waals surface area contributed by atoms with Crippen molar-refractivity contribution >= 4 is 45.8 Å². The normalized spacial score (nSPS) is 18.2. The molecule has 0 radical (unpaired) electrons. The van der Waals surface area contributed by atoms with Gasteiger partial charge in [-0.05, 0) is 19.3 Å². The van der Waals surface area contributed by atoms with Crippen molar-refractivity contribution in [2.45, 2.75) is 43.3 Å². The zero-order valence-corrected chi connectivity index (χ0v) is 12.6. The van der Waals surface area contributed by atoms with Gasteiger partial charge in [0.2, 0.25) is 0 Å². The molecular formula is C10H19Cl2IO. The van der Waals surface area contributed by atoms with Gasteiger partial charge in [-0.1, -0.05) is 36.4 Å². The quantitative estimate of drug-likeness (QED) is 0.495. The number of hydrogen-bond donors (Lipinski definition) is 0. The maximum Gasteiger partial charge on any atom is 0.0842 e. The van der Waals surface area contributed by atoms with Crippen LogP contribution in [0.4, 0.5) is 0 Å². The third-order valence-electron chi connectivity index (χ3n) is 1.91. The van der Waals surface area contributed by atoms with Crippen molar-refractivity contribution in [1.82, 2.24) is 0 Å². The van der Waals surface area contributed by atoms with Crippen LogP contribution in [0.25, 0.3) is 0 Å². The number of rotatable bonds is 7. The van der Waals surface area contributed by atoms with E-state index >= 15 is 0 Å². The second kappa shape index (κ2) is 8.43. The minimum Gasteiger partial charge on any atom is -0.373 e. The van der Waals surface area contributed by atoms with Gasteiger partial charge in [-0.15, -0.1) is 23.2 Å². The first-order chi connectivity index (χ1) is 6.51. The molecule has 0 aromatic rings. The van der Waals surface area contributed by atoms with Crippen LogP contribution >= 0.6 is 45.8 Å². The SMILES string of the molecule is CC(C)CC(C)OC(CCl)C(I)CCl. The van der Waals surface area contributed by atoms with Crippen LogP contribution in [0.15, 0.2) is 0 Å². The standard InChI is InChI=1S/C10H19Cl2IO/c1-7(2)4-8(3)14-10(6-12)9(13)5-11/h7-10H,4-6H2,1-3H3. The molecule has 0 heterocycles. The van der Waals surface area contributed by atoms with Gasteiger partial charge in [0.05, 0.1) is 16.1 Å². The molecule has 0 aromatic heterocycles. The van der Waals surface area contributed by atoms with Gasteiger partial charge in [-0.2, -0.15) is 0 Å². The lowest BCUT2D eigenvalue weighted by atomic mass is 10.1. The molecule has 0 aliphatic heterocycles. The van der Waals surface area contributed by atoms with E-state index in [4.69, 9.17) is 27.9 Å². The molecule has 86 valence electrons. The second-order valence-corrected chi connectivity index (χ2v) is 6.16. The van der Waals surface area contributed by atoms with Gasteiger partial charge < -0.3 is 4.74 Å². The molecule has 0 N–H and O–H groups in total. The average molecular weight is 353 g/mol. The Morgan fingerprint density at radius 3 is 2.07 bits per heavy atom. The third-order valence-corrected chi connectivity index (χ3v) is 4.31. The van der Waals surface area contributed by atoms with E-state index in [2.05, 4.69) is 43.4 Å². The van der Waals surface area contributed by atoms with Gasteiger partial charge in [0.25, 0.3) is 0 Å². The molecular weight excluding hydrogens is 334 g/mol. The van der Waals surface area contributed by atoms with Crippen molar-refractivity contribution in [2.75, 3.05) is 11.8 Å². The highest BCUT2D eigenvalue weighted by atomic mass is 127. The Morgan fingerprint density at radius 2 is 1.71 bits per heavy atom. The highest BCUT2D eigenvalue weighted by Crippen LogP contribution is 2.18. The molecule has 3 atom stereocenters. The molecule has 3 unspecified atom stereocenters. The van der Waals surface area contributed by atoms with Gasteiger partial charge in [0.1, 0.15) is 0 Å². The van der Waals surface area contributed by atoms with E-state index in [0.717, 1.165) is 6.42 Å². The Hall–Kier alpha value is 1.27.